The number of hydrogen-bond acceptors (Lipinski definition) is 3. The molecule has 0 saturated carbocycles. The first-order valence-corrected chi connectivity index (χ1v) is 10.4. The monoisotopic (exact) mass is 391 g/mol. The summed E-state index contributed by atoms with van der Waals surface area (Å²) >= 11 is 6.11. The molecule has 1 aromatic rings. The zero-order valence-corrected chi connectivity index (χ0v) is 16.8. The number of nitrogens with one attached hydrogen (secondary N) is 2. The lowest BCUT2D eigenvalue weighted by Crippen LogP contribution is -2.44. The molecule has 2 fully saturated rings. The van der Waals surface area contributed by atoms with Crippen molar-refractivity contribution in [1.29, 1.82) is 0 Å². The Kier molecular flexibility index (Phi) is 7.21. The highest BCUT2D eigenvalue weighted by Gasteiger charge is 2.23. The molecule has 2 heterocycles. The van der Waals surface area contributed by atoms with E-state index in [0.29, 0.717) is 19.0 Å². The van der Waals surface area contributed by atoms with E-state index in [1.807, 2.05) is 23.1 Å². The van der Waals surface area contributed by atoms with E-state index < -0.39 is 0 Å². The van der Waals surface area contributed by atoms with Crippen LogP contribution in [0.2, 0.25) is 5.02 Å². The highest BCUT2D eigenvalue weighted by Crippen LogP contribution is 2.23. The third-order valence-electron chi connectivity index (χ3n) is 5.10. The van der Waals surface area contributed by atoms with Crippen LogP contribution in [-0.4, -0.2) is 62.1 Å². The number of amides is 1. The van der Waals surface area contributed by atoms with E-state index in [-0.39, 0.29) is 5.91 Å². The van der Waals surface area contributed by atoms with Gasteiger partial charge in [0.15, 0.2) is 5.96 Å². The van der Waals surface area contributed by atoms with Gasteiger partial charge in [0.05, 0.1) is 6.54 Å². The molecule has 2 aliphatic heterocycles. The molecule has 2 N–H and O–H groups in total. The van der Waals surface area contributed by atoms with E-state index in [2.05, 4.69) is 33.5 Å². The van der Waals surface area contributed by atoms with Crippen molar-refractivity contribution in [1.82, 2.24) is 15.5 Å². The first-order chi connectivity index (χ1) is 13.2. The fraction of sp³-hybridized carbons (Fsp3) is 0.600. The van der Waals surface area contributed by atoms with Gasteiger partial charge in [-0.2, -0.15) is 0 Å². The van der Waals surface area contributed by atoms with Crippen LogP contribution in [-0.2, 0) is 4.79 Å². The number of likely N-dealkylation sites (tertiary alicyclic amines) is 1. The van der Waals surface area contributed by atoms with Gasteiger partial charge in [0.25, 0.3) is 0 Å². The molecule has 148 valence electrons. The van der Waals surface area contributed by atoms with Crippen molar-refractivity contribution in [3.63, 3.8) is 0 Å². The maximum atomic E-state index is 12.2. The predicted molar refractivity (Wildman–Crippen MR) is 112 cm³/mol. The first-order valence-electron chi connectivity index (χ1n) is 9.99. The van der Waals surface area contributed by atoms with Gasteiger partial charge in [-0.15, -0.1) is 0 Å². The minimum Gasteiger partial charge on any atom is -0.369 e. The molecule has 0 radical (unpaired) electrons. The Morgan fingerprint density at radius 1 is 1.30 bits per heavy atom. The van der Waals surface area contributed by atoms with Crippen LogP contribution in [0.25, 0.3) is 0 Å². The summed E-state index contributed by atoms with van der Waals surface area (Å²) in [6.45, 7) is 7.10. The maximum absolute atomic E-state index is 12.2. The van der Waals surface area contributed by atoms with Crippen LogP contribution in [0, 0.1) is 0 Å². The number of nitrogens with zero attached hydrogens (tertiary/aromatic N) is 3. The summed E-state index contributed by atoms with van der Waals surface area (Å²) in [5.74, 6) is 1.02. The summed E-state index contributed by atoms with van der Waals surface area (Å²) in [5, 5.41) is 7.57. The summed E-state index contributed by atoms with van der Waals surface area (Å²) in [7, 11) is 0. The summed E-state index contributed by atoms with van der Waals surface area (Å²) in [4.78, 5) is 21.1. The number of aliphatic imine (C=N–C) groups is 1. The van der Waals surface area contributed by atoms with E-state index in [1.165, 1.54) is 0 Å². The first kappa shape index (κ1) is 19.8. The van der Waals surface area contributed by atoms with Gasteiger partial charge in [-0.1, -0.05) is 17.7 Å². The van der Waals surface area contributed by atoms with Crippen molar-refractivity contribution in [3.8, 4) is 0 Å². The zero-order chi connectivity index (χ0) is 19.1. The molecule has 6 nitrogen and oxygen atoms in total. The van der Waals surface area contributed by atoms with Crippen molar-refractivity contribution < 1.29 is 4.79 Å². The Hall–Kier alpha value is -1.95. The van der Waals surface area contributed by atoms with Crippen LogP contribution in [0.15, 0.2) is 29.3 Å². The molecule has 0 aliphatic carbocycles. The smallest absolute Gasteiger partial charge is 0.224 e. The van der Waals surface area contributed by atoms with E-state index in [4.69, 9.17) is 11.6 Å². The molecule has 1 unspecified atom stereocenters. The fourth-order valence-electron chi connectivity index (χ4n) is 3.69. The molecule has 27 heavy (non-hydrogen) atoms. The summed E-state index contributed by atoms with van der Waals surface area (Å²) in [6, 6.07) is 8.32. The number of carbonyl (C=O) groups is 1. The lowest BCUT2D eigenvalue weighted by Gasteiger charge is -2.20. The van der Waals surface area contributed by atoms with Crippen LogP contribution < -0.4 is 15.5 Å². The van der Waals surface area contributed by atoms with Crippen LogP contribution >= 0.6 is 11.6 Å². The Morgan fingerprint density at radius 3 is 2.85 bits per heavy atom. The maximum Gasteiger partial charge on any atom is 0.224 e. The molecule has 2 aliphatic rings. The Balaban J connectivity index is 1.49. The highest BCUT2D eigenvalue weighted by molar-refractivity contribution is 6.30. The van der Waals surface area contributed by atoms with Gasteiger partial charge in [-0.05, 0) is 44.4 Å². The SMILES string of the molecule is CCNC(=NCCC(=O)N1CCCC1)NC1CCN(c2cccc(Cl)c2)C1. The third kappa shape index (κ3) is 5.76. The summed E-state index contributed by atoms with van der Waals surface area (Å²) < 4.78 is 0. The standard InChI is InChI=1S/C20H30ClN5O/c1-2-22-20(23-10-8-19(27)25-11-3-4-12-25)24-17-9-13-26(15-17)18-7-5-6-16(21)14-18/h5-7,14,17H,2-4,8-13,15H2,1H3,(H2,22,23,24). The average Bonchev–Trinajstić information content (AvgIpc) is 3.34. The molecule has 0 aromatic heterocycles. The number of carbonyl (C=O) groups excluding carboxylic acids is 1. The normalized spacial score (nSPS) is 20.2. The Morgan fingerprint density at radius 2 is 2.11 bits per heavy atom. The van der Waals surface area contributed by atoms with E-state index in [0.717, 1.165) is 68.7 Å². The van der Waals surface area contributed by atoms with Gasteiger partial charge < -0.3 is 20.4 Å². The van der Waals surface area contributed by atoms with Crippen molar-refractivity contribution in [2.24, 2.45) is 4.99 Å². The molecule has 0 spiro atoms. The zero-order valence-electron chi connectivity index (χ0n) is 16.1. The molecule has 1 amide bonds. The molecule has 3 rings (SSSR count). The molecule has 1 aromatic carbocycles. The number of halogens is 1. The largest absolute Gasteiger partial charge is 0.369 e. The minimum atomic E-state index is 0.222. The average molecular weight is 392 g/mol. The van der Waals surface area contributed by atoms with Crippen molar-refractivity contribution >= 4 is 29.2 Å². The summed E-state index contributed by atoms with van der Waals surface area (Å²) in [6.07, 6.45) is 3.79. The van der Waals surface area contributed by atoms with Gasteiger partial charge in [0, 0.05) is 55.9 Å². The Labute approximate surface area is 167 Å². The molecular formula is C20H30ClN5O. The predicted octanol–water partition coefficient (Wildman–Crippen LogP) is 2.49. The molecule has 0 bridgehead atoms. The summed E-state index contributed by atoms with van der Waals surface area (Å²) in [5.41, 5.74) is 1.16. The van der Waals surface area contributed by atoms with Crippen LogP contribution in [0.1, 0.15) is 32.6 Å². The number of hydrogen-bond donors (Lipinski definition) is 2. The van der Waals surface area contributed by atoms with E-state index in [9.17, 15) is 4.79 Å². The van der Waals surface area contributed by atoms with Gasteiger partial charge in [0.1, 0.15) is 0 Å². The molecule has 1 atom stereocenters. The second-order valence-electron chi connectivity index (χ2n) is 7.15. The quantitative estimate of drug-likeness (QED) is 0.577. The lowest BCUT2D eigenvalue weighted by atomic mass is 10.2. The van der Waals surface area contributed by atoms with Gasteiger partial charge in [-0.25, -0.2) is 0 Å². The van der Waals surface area contributed by atoms with E-state index >= 15 is 0 Å². The third-order valence-corrected chi connectivity index (χ3v) is 5.34. The minimum absolute atomic E-state index is 0.222. The van der Waals surface area contributed by atoms with Crippen LogP contribution in [0.3, 0.4) is 0 Å². The second kappa shape index (κ2) is 9.83. The fourth-order valence-corrected chi connectivity index (χ4v) is 3.87. The van der Waals surface area contributed by atoms with Gasteiger partial charge >= 0.3 is 0 Å². The number of guanidine groups is 1. The number of anilines is 1. The number of rotatable bonds is 6. The molecular weight excluding hydrogens is 362 g/mol. The molecule has 7 heteroatoms. The van der Waals surface area contributed by atoms with Crippen LogP contribution in [0.4, 0.5) is 5.69 Å². The lowest BCUT2D eigenvalue weighted by molar-refractivity contribution is -0.129. The highest BCUT2D eigenvalue weighted by atomic mass is 35.5. The van der Waals surface area contributed by atoms with Crippen molar-refractivity contribution in [2.45, 2.75) is 38.6 Å². The topological polar surface area (TPSA) is 60.0 Å². The molecule has 2 saturated heterocycles. The second-order valence-corrected chi connectivity index (χ2v) is 7.59. The van der Waals surface area contributed by atoms with Gasteiger partial charge in [-0.3, -0.25) is 9.79 Å². The van der Waals surface area contributed by atoms with Crippen LogP contribution in [0.5, 0.6) is 0 Å². The Bertz CT molecular complexity index is 660. The van der Waals surface area contributed by atoms with E-state index in [1.54, 1.807) is 0 Å². The van der Waals surface area contributed by atoms with Gasteiger partial charge in [0.2, 0.25) is 5.91 Å². The van der Waals surface area contributed by atoms with Crippen molar-refractivity contribution in [3.05, 3.63) is 29.3 Å². The van der Waals surface area contributed by atoms with Crippen molar-refractivity contribution in [2.75, 3.05) is 44.2 Å². The number of benzene rings is 1.